The maximum absolute atomic E-state index is 12.5. The first kappa shape index (κ1) is 14.4. The number of benzene rings is 1. The van der Waals surface area contributed by atoms with Crippen LogP contribution in [0.4, 0.5) is 5.69 Å². The molecule has 0 bridgehead atoms. The SMILES string of the molecule is CC1(N)CCCCC1C(=O)Nc1ccc2c(c1)CCCO2. The van der Waals surface area contributed by atoms with Gasteiger partial charge in [0, 0.05) is 11.2 Å². The van der Waals surface area contributed by atoms with E-state index in [1.165, 1.54) is 5.56 Å². The van der Waals surface area contributed by atoms with Gasteiger partial charge in [-0.25, -0.2) is 0 Å². The second-order valence-electron chi connectivity index (χ2n) is 6.57. The minimum atomic E-state index is -0.389. The predicted molar refractivity (Wildman–Crippen MR) is 83.4 cm³/mol. The highest BCUT2D eigenvalue weighted by Crippen LogP contribution is 2.33. The van der Waals surface area contributed by atoms with Gasteiger partial charge in [-0.2, -0.15) is 0 Å². The van der Waals surface area contributed by atoms with Crippen molar-refractivity contribution in [2.24, 2.45) is 11.7 Å². The minimum Gasteiger partial charge on any atom is -0.493 e. The summed E-state index contributed by atoms with van der Waals surface area (Å²) in [5.74, 6) is 0.899. The highest BCUT2D eigenvalue weighted by molar-refractivity contribution is 5.93. The average molecular weight is 288 g/mol. The fraction of sp³-hybridized carbons (Fsp3) is 0.588. The van der Waals surface area contributed by atoms with E-state index in [0.29, 0.717) is 0 Å². The number of hydrogen-bond donors (Lipinski definition) is 2. The Hall–Kier alpha value is -1.55. The van der Waals surface area contributed by atoms with Crippen molar-refractivity contribution in [2.45, 2.75) is 51.0 Å². The van der Waals surface area contributed by atoms with Crippen molar-refractivity contribution >= 4 is 11.6 Å². The molecule has 4 nitrogen and oxygen atoms in total. The molecule has 21 heavy (non-hydrogen) atoms. The Morgan fingerprint density at radius 1 is 1.38 bits per heavy atom. The second-order valence-corrected chi connectivity index (χ2v) is 6.57. The van der Waals surface area contributed by atoms with Crippen molar-refractivity contribution in [3.05, 3.63) is 23.8 Å². The molecule has 1 amide bonds. The number of amides is 1. The number of aryl methyl sites for hydroxylation is 1. The van der Waals surface area contributed by atoms with Gasteiger partial charge in [0.05, 0.1) is 12.5 Å². The summed E-state index contributed by atoms with van der Waals surface area (Å²) in [5, 5.41) is 3.04. The molecule has 1 fully saturated rings. The predicted octanol–water partition coefficient (Wildman–Crippen LogP) is 2.86. The highest BCUT2D eigenvalue weighted by atomic mass is 16.5. The van der Waals surface area contributed by atoms with Crippen LogP contribution in [0.3, 0.4) is 0 Å². The molecule has 2 unspecified atom stereocenters. The van der Waals surface area contributed by atoms with Gasteiger partial charge in [0.2, 0.25) is 5.91 Å². The zero-order valence-corrected chi connectivity index (χ0v) is 12.7. The van der Waals surface area contributed by atoms with Crippen LogP contribution in [0.15, 0.2) is 18.2 Å². The maximum atomic E-state index is 12.5. The first-order valence-corrected chi connectivity index (χ1v) is 7.92. The van der Waals surface area contributed by atoms with E-state index in [-0.39, 0.29) is 17.4 Å². The maximum Gasteiger partial charge on any atom is 0.229 e. The van der Waals surface area contributed by atoms with Crippen LogP contribution in [-0.4, -0.2) is 18.1 Å². The summed E-state index contributed by atoms with van der Waals surface area (Å²) in [6.45, 7) is 2.78. The first-order valence-electron chi connectivity index (χ1n) is 7.92. The summed E-state index contributed by atoms with van der Waals surface area (Å²) in [5.41, 5.74) is 7.95. The van der Waals surface area contributed by atoms with Crippen molar-refractivity contribution < 1.29 is 9.53 Å². The largest absolute Gasteiger partial charge is 0.493 e. The molecule has 3 rings (SSSR count). The molecule has 4 heteroatoms. The van der Waals surface area contributed by atoms with Gasteiger partial charge < -0.3 is 15.8 Å². The lowest BCUT2D eigenvalue weighted by molar-refractivity contribution is -0.122. The highest BCUT2D eigenvalue weighted by Gasteiger charge is 2.37. The van der Waals surface area contributed by atoms with Crippen LogP contribution in [0, 0.1) is 5.92 Å². The molecule has 0 spiro atoms. The first-order chi connectivity index (χ1) is 10.1. The van der Waals surface area contributed by atoms with Crippen LogP contribution in [0.2, 0.25) is 0 Å². The summed E-state index contributed by atoms with van der Waals surface area (Å²) in [7, 11) is 0. The van der Waals surface area contributed by atoms with Gasteiger partial charge in [-0.05, 0) is 56.4 Å². The normalized spacial score (nSPS) is 28.4. The lowest BCUT2D eigenvalue weighted by atomic mass is 9.74. The van der Waals surface area contributed by atoms with Crippen LogP contribution in [0.5, 0.6) is 5.75 Å². The van der Waals surface area contributed by atoms with Gasteiger partial charge in [0.1, 0.15) is 5.75 Å². The number of ether oxygens (including phenoxy) is 1. The third kappa shape index (κ3) is 3.05. The van der Waals surface area contributed by atoms with E-state index in [1.807, 2.05) is 25.1 Å². The Kier molecular flexibility index (Phi) is 3.89. The summed E-state index contributed by atoms with van der Waals surface area (Å²) < 4.78 is 5.60. The molecule has 1 saturated carbocycles. The van der Waals surface area contributed by atoms with Crippen LogP contribution in [-0.2, 0) is 11.2 Å². The zero-order valence-electron chi connectivity index (χ0n) is 12.7. The molecule has 114 valence electrons. The molecular weight excluding hydrogens is 264 g/mol. The number of carbonyl (C=O) groups excluding carboxylic acids is 1. The van der Waals surface area contributed by atoms with Crippen molar-refractivity contribution in [3.8, 4) is 5.75 Å². The molecule has 1 aromatic rings. The quantitative estimate of drug-likeness (QED) is 0.879. The molecule has 0 saturated heterocycles. The van der Waals surface area contributed by atoms with Crippen molar-refractivity contribution in [1.82, 2.24) is 0 Å². The van der Waals surface area contributed by atoms with E-state index < -0.39 is 0 Å². The van der Waals surface area contributed by atoms with E-state index in [0.717, 1.165) is 56.6 Å². The number of fused-ring (bicyclic) bond motifs is 1. The molecule has 0 radical (unpaired) electrons. The number of anilines is 1. The Bertz CT molecular complexity index is 540. The van der Waals surface area contributed by atoms with Crippen molar-refractivity contribution in [1.29, 1.82) is 0 Å². The molecule has 2 atom stereocenters. The Morgan fingerprint density at radius 2 is 2.24 bits per heavy atom. The minimum absolute atomic E-state index is 0.0522. The molecule has 0 aromatic heterocycles. The smallest absolute Gasteiger partial charge is 0.229 e. The number of hydrogen-bond acceptors (Lipinski definition) is 3. The molecule has 3 N–H and O–H groups in total. The van der Waals surface area contributed by atoms with Gasteiger partial charge in [-0.3, -0.25) is 4.79 Å². The molecule has 1 aliphatic carbocycles. The standard InChI is InChI=1S/C17H24N2O2/c1-17(18)9-3-2-6-14(17)16(20)19-13-7-8-15-12(11-13)5-4-10-21-15/h7-8,11,14H,2-6,9-10,18H2,1H3,(H,19,20). The van der Waals surface area contributed by atoms with Crippen LogP contribution in [0.25, 0.3) is 0 Å². The number of rotatable bonds is 2. The fourth-order valence-corrected chi connectivity index (χ4v) is 3.46. The summed E-state index contributed by atoms with van der Waals surface area (Å²) in [4.78, 5) is 12.5. The number of nitrogens with two attached hydrogens (primary N) is 1. The lowest BCUT2D eigenvalue weighted by Crippen LogP contribution is -2.51. The summed E-state index contributed by atoms with van der Waals surface area (Å²) >= 11 is 0. The van der Waals surface area contributed by atoms with E-state index >= 15 is 0 Å². The molecule has 1 heterocycles. The van der Waals surface area contributed by atoms with E-state index in [1.54, 1.807) is 0 Å². The average Bonchev–Trinajstić information content (AvgIpc) is 2.46. The summed E-state index contributed by atoms with van der Waals surface area (Å²) in [6.07, 6.45) is 6.05. The lowest BCUT2D eigenvalue weighted by Gasteiger charge is -2.37. The Morgan fingerprint density at radius 3 is 3.05 bits per heavy atom. The molecule has 1 aliphatic heterocycles. The van der Waals surface area contributed by atoms with Gasteiger partial charge in [0.25, 0.3) is 0 Å². The third-order valence-corrected chi connectivity index (χ3v) is 4.75. The Labute approximate surface area is 126 Å². The number of nitrogens with one attached hydrogen (secondary N) is 1. The molecule has 2 aliphatic rings. The monoisotopic (exact) mass is 288 g/mol. The van der Waals surface area contributed by atoms with E-state index in [9.17, 15) is 4.79 Å². The van der Waals surface area contributed by atoms with Gasteiger partial charge in [0.15, 0.2) is 0 Å². The zero-order chi connectivity index (χ0) is 14.9. The van der Waals surface area contributed by atoms with Crippen molar-refractivity contribution in [3.63, 3.8) is 0 Å². The second kappa shape index (κ2) is 5.68. The summed E-state index contributed by atoms with van der Waals surface area (Å²) in [6, 6.07) is 5.90. The Balaban J connectivity index is 1.72. The fourth-order valence-electron chi connectivity index (χ4n) is 3.46. The van der Waals surface area contributed by atoms with Gasteiger partial charge >= 0.3 is 0 Å². The van der Waals surface area contributed by atoms with Gasteiger partial charge in [-0.1, -0.05) is 12.8 Å². The topological polar surface area (TPSA) is 64.4 Å². The van der Waals surface area contributed by atoms with Crippen molar-refractivity contribution in [2.75, 3.05) is 11.9 Å². The van der Waals surface area contributed by atoms with E-state index in [2.05, 4.69) is 5.32 Å². The van der Waals surface area contributed by atoms with Crippen LogP contribution >= 0.6 is 0 Å². The van der Waals surface area contributed by atoms with Gasteiger partial charge in [-0.15, -0.1) is 0 Å². The molecular formula is C17H24N2O2. The van der Waals surface area contributed by atoms with E-state index in [4.69, 9.17) is 10.5 Å². The third-order valence-electron chi connectivity index (χ3n) is 4.75. The van der Waals surface area contributed by atoms with Crippen LogP contribution < -0.4 is 15.8 Å². The van der Waals surface area contributed by atoms with Crippen LogP contribution in [0.1, 0.15) is 44.6 Å². The number of carbonyl (C=O) groups is 1. The molecule has 1 aromatic carbocycles.